The van der Waals surface area contributed by atoms with Crippen molar-refractivity contribution in [1.82, 2.24) is 0 Å². The number of aliphatic hydroxyl groups excluding tert-OH is 1. The molecule has 0 radical (unpaired) electrons. The minimum Gasteiger partial charge on any atom is -0.391 e. The Kier molecular flexibility index (Phi) is 3.33. The number of hydrogen-bond acceptors (Lipinski definition) is 1. The summed E-state index contributed by atoms with van der Waals surface area (Å²) in [6.45, 7) is 0.0505. The summed E-state index contributed by atoms with van der Waals surface area (Å²) >= 11 is 3.22. The van der Waals surface area contributed by atoms with Gasteiger partial charge < -0.3 is 5.11 Å². The number of aliphatic hydroxyl groups is 1. The van der Waals surface area contributed by atoms with Crippen molar-refractivity contribution in [3.8, 4) is 0 Å². The maximum Gasteiger partial charge on any atom is 0.0747 e. The van der Waals surface area contributed by atoms with Crippen LogP contribution in [0.4, 0.5) is 0 Å². The number of halogens is 1. The SMILES string of the molecule is OC/C(Br)=C\c1ccccc1. The van der Waals surface area contributed by atoms with Gasteiger partial charge in [-0.2, -0.15) is 0 Å². The summed E-state index contributed by atoms with van der Waals surface area (Å²) in [7, 11) is 0. The van der Waals surface area contributed by atoms with Crippen LogP contribution in [0.25, 0.3) is 6.08 Å². The van der Waals surface area contributed by atoms with Gasteiger partial charge in [0.25, 0.3) is 0 Å². The Balaban J connectivity index is 2.79. The smallest absolute Gasteiger partial charge is 0.0747 e. The second kappa shape index (κ2) is 4.31. The monoisotopic (exact) mass is 212 g/mol. The first-order chi connectivity index (χ1) is 5.33. The summed E-state index contributed by atoms with van der Waals surface area (Å²) in [5, 5.41) is 8.68. The lowest BCUT2D eigenvalue weighted by atomic mass is 10.2. The van der Waals surface area contributed by atoms with E-state index in [0.29, 0.717) is 0 Å². The number of benzene rings is 1. The van der Waals surface area contributed by atoms with Crippen LogP contribution >= 0.6 is 15.9 Å². The fourth-order valence-electron chi connectivity index (χ4n) is 0.776. The highest BCUT2D eigenvalue weighted by atomic mass is 79.9. The van der Waals surface area contributed by atoms with Crippen LogP contribution < -0.4 is 0 Å². The molecule has 2 heteroatoms. The first-order valence-electron chi connectivity index (χ1n) is 3.35. The van der Waals surface area contributed by atoms with Gasteiger partial charge >= 0.3 is 0 Å². The van der Waals surface area contributed by atoms with E-state index in [4.69, 9.17) is 5.11 Å². The maximum absolute atomic E-state index is 8.68. The van der Waals surface area contributed by atoms with Crippen molar-refractivity contribution in [1.29, 1.82) is 0 Å². The van der Waals surface area contributed by atoms with Crippen LogP contribution in [0.5, 0.6) is 0 Å². The molecule has 1 aromatic carbocycles. The first kappa shape index (κ1) is 8.50. The molecule has 58 valence electrons. The van der Waals surface area contributed by atoms with E-state index in [-0.39, 0.29) is 6.61 Å². The molecule has 0 aliphatic heterocycles. The van der Waals surface area contributed by atoms with E-state index in [0.717, 1.165) is 10.0 Å². The Labute approximate surface area is 74.5 Å². The summed E-state index contributed by atoms with van der Waals surface area (Å²) in [6.07, 6.45) is 1.89. The highest BCUT2D eigenvalue weighted by Gasteiger charge is 1.88. The Morgan fingerprint density at radius 3 is 2.55 bits per heavy atom. The molecule has 0 saturated carbocycles. The predicted molar refractivity (Wildman–Crippen MR) is 50.4 cm³/mol. The summed E-state index contributed by atoms with van der Waals surface area (Å²) in [6, 6.07) is 9.85. The van der Waals surface area contributed by atoms with Gasteiger partial charge in [0.2, 0.25) is 0 Å². The van der Waals surface area contributed by atoms with E-state index >= 15 is 0 Å². The molecule has 11 heavy (non-hydrogen) atoms. The third kappa shape index (κ3) is 2.87. The molecule has 0 fully saturated rings. The van der Waals surface area contributed by atoms with Gasteiger partial charge in [0, 0.05) is 4.48 Å². The maximum atomic E-state index is 8.68. The van der Waals surface area contributed by atoms with E-state index in [1.165, 1.54) is 0 Å². The van der Waals surface area contributed by atoms with Crippen molar-refractivity contribution in [3.05, 3.63) is 40.4 Å². The summed E-state index contributed by atoms with van der Waals surface area (Å²) in [5.74, 6) is 0. The predicted octanol–water partition coefficient (Wildman–Crippen LogP) is 2.41. The van der Waals surface area contributed by atoms with E-state index < -0.39 is 0 Å². The number of rotatable bonds is 2. The Hall–Kier alpha value is -0.600. The molecule has 0 saturated heterocycles. The normalized spacial score (nSPS) is 11.6. The molecule has 0 aliphatic rings. The Morgan fingerprint density at radius 2 is 2.00 bits per heavy atom. The van der Waals surface area contributed by atoms with Crippen molar-refractivity contribution < 1.29 is 5.11 Å². The van der Waals surface area contributed by atoms with E-state index in [1.807, 2.05) is 36.4 Å². The van der Waals surface area contributed by atoms with Gasteiger partial charge in [0.15, 0.2) is 0 Å². The van der Waals surface area contributed by atoms with Crippen LogP contribution in [-0.2, 0) is 0 Å². The van der Waals surface area contributed by atoms with Crippen LogP contribution in [-0.4, -0.2) is 11.7 Å². The minimum absolute atomic E-state index is 0.0505. The van der Waals surface area contributed by atoms with Gasteiger partial charge in [0.05, 0.1) is 6.61 Å². The Bertz CT molecular complexity index is 241. The average Bonchev–Trinajstić information content (AvgIpc) is 2.06. The van der Waals surface area contributed by atoms with E-state index in [1.54, 1.807) is 0 Å². The van der Waals surface area contributed by atoms with Gasteiger partial charge in [-0.05, 0) is 11.6 Å². The van der Waals surface area contributed by atoms with Gasteiger partial charge in [-0.25, -0.2) is 0 Å². The van der Waals surface area contributed by atoms with E-state index in [9.17, 15) is 0 Å². The molecule has 0 aliphatic carbocycles. The standard InChI is InChI=1S/C9H9BrO/c10-9(7-11)6-8-4-2-1-3-5-8/h1-6,11H,7H2/b9-6+. The van der Waals surface area contributed by atoms with Crippen LogP contribution in [0.3, 0.4) is 0 Å². The molecule has 0 aromatic heterocycles. The summed E-state index contributed by atoms with van der Waals surface area (Å²) in [5.41, 5.74) is 1.09. The largest absolute Gasteiger partial charge is 0.391 e. The van der Waals surface area contributed by atoms with Crippen LogP contribution in [0, 0.1) is 0 Å². The van der Waals surface area contributed by atoms with Gasteiger partial charge in [-0.1, -0.05) is 46.3 Å². The summed E-state index contributed by atoms with van der Waals surface area (Å²) < 4.78 is 0.795. The van der Waals surface area contributed by atoms with Crippen molar-refractivity contribution in [2.75, 3.05) is 6.61 Å². The van der Waals surface area contributed by atoms with Crippen molar-refractivity contribution in [3.63, 3.8) is 0 Å². The molecule has 0 heterocycles. The van der Waals surface area contributed by atoms with Crippen molar-refractivity contribution in [2.45, 2.75) is 0 Å². The van der Waals surface area contributed by atoms with E-state index in [2.05, 4.69) is 15.9 Å². The Morgan fingerprint density at radius 1 is 1.36 bits per heavy atom. The lowest BCUT2D eigenvalue weighted by Crippen LogP contribution is -1.79. The lowest BCUT2D eigenvalue weighted by molar-refractivity contribution is 0.341. The van der Waals surface area contributed by atoms with Gasteiger partial charge in [-0.3, -0.25) is 0 Å². The van der Waals surface area contributed by atoms with Crippen LogP contribution in [0.15, 0.2) is 34.8 Å². The highest BCUT2D eigenvalue weighted by Crippen LogP contribution is 2.10. The van der Waals surface area contributed by atoms with Crippen molar-refractivity contribution >= 4 is 22.0 Å². The van der Waals surface area contributed by atoms with Crippen LogP contribution in [0.2, 0.25) is 0 Å². The first-order valence-corrected chi connectivity index (χ1v) is 4.14. The molecule has 0 spiro atoms. The molecule has 1 aromatic rings. The fraction of sp³-hybridized carbons (Fsp3) is 0.111. The zero-order valence-corrected chi connectivity index (χ0v) is 7.58. The molecule has 1 nitrogen and oxygen atoms in total. The molecule has 0 bridgehead atoms. The molecule has 0 unspecified atom stereocenters. The zero-order chi connectivity index (χ0) is 8.10. The van der Waals surface area contributed by atoms with Crippen LogP contribution in [0.1, 0.15) is 5.56 Å². The minimum atomic E-state index is 0.0505. The molecular weight excluding hydrogens is 204 g/mol. The van der Waals surface area contributed by atoms with Crippen molar-refractivity contribution in [2.24, 2.45) is 0 Å². The molecule has 0 atom stereocenters. The highest BCUT2D eigenvalue weighted by molar-refractivity contribution is 9.11. The van der Waals surface area contributed by atoms with Gasteiger partial charge in [0.1, 0.15) is 0 Å². The summed E-state index contributed by atoms with van der Waals surface area (Å²) in [4.78, 5) is 0. The number of hydrogen-bond donors (Lipinski definition) is 1. The fourth-order valence-corrected chi connectivity index (χ4v) is 1.04. The quantitative estimate of drug-likeness (QED) is 0.799. The topological polar surface area (TPSA) is 20.2 Å². The molecule has 1 rings (SSSR count). The zero-order valence-electron chi connectivity index (χ0n) is 6.00. The third-order valence-corrected chi connectivity index (χ3v) is 1.75. The molecule has 1 N–H and O–H groups in total. The molecule has 0 amide bonds. The van der Waals surface area contributed by atoms with Gasteiger partial charge in [-0.15, -0.1) is 0 Å². The lowest BCUT2D eigenvalue weighted by Gasteiger charge is -1.93. The second-order valence-electron chi connectivity index (χ2n) is 2.16. The average molecular weight is 213 g/mol. The third-order valence-electron chi connectivity index (χ3n) is 1.27. The second-order valence-corrected chi connectivity index (χ2v) is 3.18. The molecular formula is C9H9BrO.